The highest BCUT2D eigenvalue weighted by atomic mass is 16.2. The molecule has 0 aliphatic carbocycles. The summed E-state index contributed by atoms with van der Waals surface area (Å²) in [6.45, 7) is 3.00. The first-order chi connectivity index (χ1) is 8.70. The molecule has 0 saturated heterocycles. The summed E-state index contributed by atoms with van der Waals surface area (Å²) in [5.41, 5.74) is 2.61. The van der Waals surface area contributed by atoms with Gasteiger partial charge in [0, 0.05) is 19.4 Å². The molecule has 18 heavy (non-hydrogen) atoms. The van der Waals surface area contributed by atoms with Crippen LogP contribution in [0.3, 0.4) is 0 Å². The van der Waals surface area contributed by atoms with Crippen molar-refractivity contribution < 1.29 is 9.59 Å². The number of aromatic nitrogens is 3. The first-order valence-corrected chi connectivity index (χ1v) is 5.71. The van der Waals surface area contributed by atoms with Crippen molar-refractivity contribution in [3.63, 3.8) is 0 Å². The van der Waals surface area contributed by atoms with Crippen LogP contribution in [0.5, 0.6) is 0 Å². The Morgan fingerprint density at radius 3 is 3.06 bits per heavy atom. The Morgan fingerprint density at radius 1 is 1.56 bits per heavy atom. The molecule has 0 bridgehead atoms. The second-order valence-electron chi connectivity index (χ2n) is 3.81. The fourth-order valence-electron chi connectivity index (χ4n) is 1.58. The topological polar surface area (TPSA) is 101 Å². The molecule has 8 heteroatoms. The Bertz CT molecular complexity index is 492. The smallest absolute Gasteiger partial charge is 0.267 e. The third-order valence-corrected chi connectivity index (χ3v) is 2.61. The lowest BCUT2D eigenvalue weighted by Crippen LogP contribution is -2.37. The number of aryl methyl sites for hydroxylation is 1. The van der Waals surface area contributed by atoms with Crippen LogP contribution in [0.4, 0.5) is 0 Å². The largest absolute Gasteiger partial charge is 0.344 e. The van der Waals surface area contributed by atoms with Crippen molar-refractivity contribution in [3.05, 3.63) is 12.2 Å². The molecule has 0 unspecified atom stereocenters. The van der Waals surface area contributed by atoms with Gasteiger partial charge < -0.3 is 9.88 Å². The zero-order valence-electron chi connectivity index (χ0n) is 10.0. The van der Waals surface area contributed by atoms with Crippen LogP contribution in [0.25, 0.3) is 0 Å². The highest BCUT2D eigenvalue weighted by Gasteiger charge is 2.18. The highest BCUT2D eigenvalue weighted by Crippen LogP contribution is 2.00. The van der Waals surface area contributed by atoms with Gasteiger partial charge in [0.15, 0.2) is 5.82 Å². The van der Waals surface area contributed by atoms with Crippen LogP contribution < -0.4 is 10.7 Å². The maximum Gasteiger partial charge on any atom is 0.267 e. The van der Waals surface area contributed by atoms with Crippen LogP contribution in [0.1, 0.15) is 25.6 Å². The van der Waals surface area contributed by atoms with Crippen LogP contribution in [0.15, 0.2) is 11.4 Å². The normalized spacial score (nSPS) is 14.9. The fourth-order valence-corrected chi connectivity index (χ4v) is 1.58. The van der Waals surface area contributed by atoms with E-state index in [1.54, 1.807) is 6.33 Å². The van der Waals surface area contributed by atoms with Gasteiger partial charge in [0.2, 0.25) is 5.91 Å². The molecule has 0 aromatic carbocycles. The van der Waals surface area contributed by atoms with Crippen molar-refractivity contribution in [1.29, 1.82) is 0 Å². The predicted octanol–water partition coefficient (Wildman–Crippen LogP) is -0.820. The fraction of sp³-hybridized carbons (Fsp3) is 0.500. The molecule has 0 spiro atoms. The first kappa shape index (κ1) is 12.2. The van der Waals surface area contributed by atoms with Crippen LogP contribution in [0.2, 0.25) is 0 Å². The molecule has 2 N–H and O–H groups in total. The van der Waals surface area contributed by atoms with E-state index in [1.165, 1.54) is 0 Å². The number of hydrogen-bond donors (Lipinski definition) is 2. The maximum atomic E-state index is 11.7. The molecule has 1 aromatic rings. The Kier molecular flexibility index (Phi) is 3.66. The Balaban J connectivity index is 1.91. The summed E-state index contributed by atoms with van der Waals surface area (Å²) in [5.74, 6) is 0.226. The summed E-state index contributed by atoms with van der Waals surface area (Å²) >= 11 is 0. The molecule has 0 saturated carbocycles. The Labute approximate surface area is 103 Å². The van der Waals surface area contributed by atoms with Crippen LogP contribution in [-0.2, 0) is 22.7 Å². The van der Waals surface area contributed by atoms with E-state index in [1.807, 2.05) is 11.5 Å². The zero-order valence-corrected chi connectivity index (χ0v) is 10.0. The number of carbonyl (C=O) groups excluding carboxylic acids is 2. The standard InChI is InChI=1S/C10H14N6O2/c1-2-16-6-12-14-8(16)5-11-10(18)7-3-4-9(17)15-13-7/h6H,2-5H2,1H3,(H,11,18)(H,15,17). The molecule has 2 amide bonds. The summed E-state index contributed by atoms with van der Waals surface area (Å²) in [5, 5.41) is 14.1. The number of nitrogens with one attached hydrogen (secondary N) is 2. The SMILES string of the molecule is CCn1cnnc1CNC(=O)C1=NNC(=O)CC1. The summed E-state index contributed by atoms with van der Waals surface area (Å²) in [7, 11) is 0. The van der Waals surface area contributed by atoms with Gasteiger partial charge in [0.1, 0.15) is 12.0 Å². The molecule has 2 rings (SSSR count). The predicted molar refractivity (Wildman–Crippen MR) is 62.4 cm³/mol. The lowest BCUT2D eigenvalue weighted by atomic mass is 10.1. The second-order valence-corrected chi connectivity index (χ2v) is 3.81. The second kappa shape index (κ2) is 5.39. The first-order valence-electron chi connectivity index (χ1n) is 5.71. The van der Waals surface area contributed by atoms with Crippen molar-refractivity contribution in [1.82, 2.24) is 25.5 Å². The molecule has 96 valence electrons. The number of nitrogens with zero attached hydrogens (tertiary/aromatic N) is 4. The number of hydrazone groups is 1. The monoisotopic (exact) mass is 250 g/mol. The maximum absolute atomic E-state index is 11.7. The van der Waals surface area contributed by atoms with Crippen molar-refractivity contribution in [3.8, 4) is 0 Å². The molecule has 2 heterocycles. The molecule has 1 aliphatic rings. The Morgan fingerprint density at radius 2 is 2.39 bits per heavy atom. The van der Waals surface area contributed by atoms with Crippen molar-refractivity contribution >= 4 is 17.5 Å². The molecule has 0 fully saturated rings. The van der Waals surface area contributed by atoms with Gasteiger partial charge in [-0.3, -0.25) is 9.59 Å². The quantitative estimate of drug-likeness (QED) is 0.729. The number of carbonyl (C=O) groups is 2. The average Bonchev–Trinajstić information content (AvgIpc) is 2.84. The van der Waals surface area contributed by atoms with E-state index in [0.29, 0.717) is 24.5 Å². The minimum absolute atomic E-state index is 0.169. The lowest BCUT2D eigenvalue weighted by molar-refractivity contribution is -0.121. The minimum atomic E-state index is -0.291. The summed E-state index contributed by atoms with van der Waals surface area (Å²) < 4.78 is 1.84. The number of hydrogen-bond acceptors (Lipinski definition) is 5. The molecular weight excluding hydrogens is 236 g/mol. The third kappa shape index (κ3) is 2.70. The third-order valence-electron chi connectivity index (χ3n) is 2.61. The van der Waals surface area contributed by atoms with Crippen LogP contribution in [-0.4, -0.2) is 32.3 Å². The highest BCUT2D eigenvalue weighted by molar-refractivity contribution is 6.39. The van der Waals surface area contributed by atoms with E-state index in [9.17, 15) is 9.59 Å². The van der Waals surface area contributed by atoms with Gasteiger partial charge in [0.25, 0.3) is 5.91 Å². The van der Waals surface area contributed by atoms with Crippen LogP contribution in [0, 0.1) is 0 Å². The van der Waals surface area contributed by atoms with E-state index in [0.717, 1.165) is 6.54 Å². The Hall–Kier alpha value is -2.25. The van der Waals surface area contributed by atoms with Gasteiger partial charge in [0.05, 0.1) is 6.54 Å². The molecule has 1 aliphatic heterocycles. The van der Waals surface area contributed by atoms with E-state index in [4.69, 9.17) is 0 Å². The minimum Gasteiger partial charge on any atom is -0.344 e. The van der Waals surface area contributed by atoms with E-state index in [-0.39, 0.29) is 18.2 Å². The molecule has 8 nitrogen and oxygen atoms in total. The summed E-state index contributed by atoms with van der Waals surface area (Å²) in [4.78, 5) is 22.6. The lowest BCUT2D eigenvalue weighted by Gasteiger charge is -2.11. The zero-order chi connectivity index (χ0) is 13.0. The average molecular weight is 250 g/mol. The van der Waals surface area contributed by atoms with Crippen molar-refractivity contribution in [2.75, 3.05) is 0 Å². The van der Waals surface area contributed by atoms with Gasteiger partial charge >= 0.3 is 0 Å². The molecule has 0 atom stereocenters. The van der Waals surface area contributed by atoms with E-state index < -0.39 is 0 Å². The number of rotatable bonds is 4. The van der Waals surface area contributed by atoms with Gasteiger partial charge in [-0.05, 0) is 6.92 Å². The van der Waals surface area contributed by atoms with Gasteiger partial charge in [-0.1, -0.05) is 0 Å². The molecule has 0 radical (unpaired) electrons. The molecular formula is C10H14N6O2. The summed E-state index contributed by atoms with van der Waals surface area (Å²) in [6, 6.07) is 0. The molecule has 1 aromatic heterocycles. The van der Waals surface area contributed by atoms with Gasteiger partial charge in [-0.25, -0.2) is 5.43 Å². The van der Waals surface area contributed by atoms with E-state index >= 15 is 0 Å². The number of amides is 2. The van der Waals surface area contributed by atoms with E-state index in [2.05, 4.69) is 26.0 Å². The van der Waals surface area contributed by atoms with Crippen LogP contribution >= 0.6 is 0 Å². The van der Waals surface area contributed by atoms with Crippen molar-refractivity contribution in [2.24, 2.45) is 5.10 Å². The van der Waals surface area contributed by atoms with Gasteiger partial charge in [-0.2, -0.15) is 5.10 Å². The van der Waals surface area contributed by atoms with Crippen molar-refractivity contribution in [2.45, 2.75) is 32.9 Å². The van der Waals surface area contributed by atoms with Gasteiger partial charge in [-0.15, -0.1) is 10.2 Å². The summed E-state index contributed by atoms with van der Waals surface area (Å²) in [6.07, 6.45) is 2.26.